The number of ether oxygens (including phenoxy) is 3. The van der Waals surface area contributed by atoms with Crippen molar-refractivity contribution in [2.24, 2.45) is 0 Å². The van der Waals surface area contributed by atoms with Crippen molar-refractivity contribution in [3.63, 3.8) is 0 Å². The molecule has 1 heterocycles. The number of nitrogens with zero attached hydrogens (tertiary/aromatic N) is 2. The topological polar surface area (TPSA) is 115 Å². The Morgan fingerprint density at radius 1 is 1.21 bits per heavy atom. The van der Waals surface area contributed by atoms with Gasteiger partial charge in [-0.25, -0.2) is 4.79 Å². The van der Waals surface area contributed by atoms with E-state index in [1.54, 1.807) is 35.9 Å². The van der Waals surface area contributed by atoms with Gasteiger partial charge in [0.15, 0.2) is 6.40 Å². The van der Waals surface area contributed by atoms with Gasteiger partial charge in [-0.15, -0.1) is 0 Å². The molecule has 0 spiro atoms. The van der Waals surface area contributed by atoms with Gasteiger partial charge >= 0.3 is 6.09 Å². The monoisotopic (exact) mass is 473 g/mol. The number of nitro benzene ring substituents is 1. The minimum atomic E-state index is -0.468. The van der Waals surface area contributed by atoms with Gasteiger partial charge in [0.05, 0.1) is 18.6 Å². The highest BCUT2D eigenvalue weighted by Gasteiger charge is 2.36. The van der Waals surface area contributed by atoms with E-state index in [2.05, 4.69) is 0 Å². The zero-order valence-corrected chi connectivity index (χ0v) is 19.2. The summed E-state index contributed by atoms with van der Waals surface area (Å²) < 4.78 is 15.7. The Hall–Kier alpha value is -3.27. The van der Waals surface area contributed by atoms with Crippen LogP contribution in [0.3, 0.4) is 0 Å². The van der Waals surface area contributed by atoms with Crippen LogP contribution in [0.1, 0.15) is 24.0 Å². The van der Waals surface area contributed by atoms with Crippen molar-refractivity contribution in [3.8, 4) is 5.75 Å². The van der Waals surface area contributed by atoms with E-state index in [1.807, 2.05) is 24.3 Å². The summed E-state index contributed by atoms with van der Waals surface area (Å²) in [7, 11) is 1.64. The molecule has 0 aliphatic carbocycles. The summed E-state index contributed by atoms with van der Waals surface area (Å²) in [6, 6.07) is 13.8. The first-order chi connectivity index (χ1) is 16.0. The predicted molar refractivity (Wildman–Crippen MR) is 126 cm³/mol. The van der Waals surface area contributed by atoms with Gasteiger partial charge in [-0.05, 0) is 41.8 Å². The molecule has 2 aromatic rings. The van der Waals surface area contributed by atoms with Crippen molar-refractivity contribution in [3.05, 3.63) is 69.8 Å². The van der Waals surface area contributed by atoms with Crippen molar-refractivity contribution < 1.29 is 23.9 Å². The van der Waals surface area contributed by atoms with Crippen LogP contribution in [-0.2, 0) is 21.8 Å². The van der Waals surface area contributed by atoms with Crippen LogP contribution in [0, 0.1) is 15.5 Å². The van der Waals surface area contributed by atoms with Crippen molar-refractivity contribution in [1.82, 2.24) is 4.90 Å². The number of carbonyl (C=O) groups excluding carboxylic acids is 1. The molecular formula is C23H27N3O6S. The highest BCUT2D eigenvalue weighted by Crippen LogP contribution is 2.32. The normalized spacial score (nSPS) is 17.4. The summed E-state index contributed by atoms with van der Waals surface area (Å²) in [5.41, 5.74) is 1.86. The van der Waals surface area contributed by atoms with Crippen molar-refractivity contribution in [2.45, 2.75) is 36.5 Å². The van der Waals surface area contributed by atoms with E-state index in [1.165, 1.54) is 17.7 Å². The molecule has 33 heavy (non-hydrogen) atoms. The Kier molecular flexibility index (Phi) is 8.94. The van der Waals surface area contributed by atoms with Gasteiger partial charge in [0, 0.05) is 42.1 Å². The third kappa shape index (κ3) is 7.11. The molecule has 1 fully saturated rings. The number of nitro groups is 1. The zero-order valence-electron chi connectivity index (χ0n) is 18.3. The molecule has 1 aliphatic rings. The Bertz CT molecular complexity index is 938. The van der Waals surface area contributed by atoms with Gasteiger partial charge in [-0.3, -0.25) is 15.5 Å². The van der Waals surface area contributed by atoms with Crippen LogP contribution in [-0.4, -0.2) is 53.9 Å². The third-order valence-electron chi connectivity index (χ3n) is 5.42. The molecule has 1 aliphatic heterocycles. The number of hydrogen-bond acceptors (Lipinski definition) is 8. The maximum Gasteiger partial charge on any atom is 0.410 e. The smallest absolute Gasteiger partial charge is 0.410 e. The van der Waals surface area contributed by atoms with E-state index in [0.29, 0.717) is 25.1 Å². The van der Waals surface area contributed by atoms with Crippen LogP contribution < -0.4 is 4.74 Å². The van der Waals surface area contributed by atoms with Gasteiger partial charge in [0.1, 0.15) is 12.4 Å². The molecule has 0 aromatic heterocycles. The first-order valence-corrected chi connectivity index (χ1v) is 11.6. The van der Waals surface area contributed by atoms with Crippen LogP contribution in [0.5, 0.6) is 5.75 Å². The van der Waals surface area contributed by atoms with Crippen molar-refractivity contribution in [2.75, 3.05) is 20.3 Å². The lowest BCUT2D eigenvalue weighted by Crippen LogP contribution is -2.36. The zero-order chi connectivity index (χ0) is 23.6. The van der Waals surface area contributed by atoms with Crippen LogP contribution in [0.4, 0.5) is 10.5 Å². The first kappa shape index (κ1) is 24.4. The number of methoxy groups -OCH3 is 1. The Morgan fingerprint density at radius 2 is 1.91 bits per heavy atom. The van der Waals surface area contributed by atoms with Crippen LogP contribution in [0.25, 0.3) is 0 Å². The highest BCUT2D eigenvalue weighted by atomic mass is 32.2. The molecule has 10 heteroatoms. The van der Waals surface area contributed by atoms with E-state index < -0.39 is 11.0 Å². The number of non-ortho nitro benzene ring substituents is 1. The van der Waals surface area contributed by atoms with Gasteiger partial charge in [-0.2, -0.15) is 11.8 Å². The average molecular weight is 474 g/mol. The lowest BCUT2D eigenvalue weighted by atomic mass is 10.1. The lowest BCUT2D eigenvalue weighted by molar-refractivity contribution is -0.384. The quantitative estimate of drug-likeness (QED) is 0.166. The van der Waals surface area contributed by atoms with Crippen molar-refractivity contribution in [1.29, 1.82) is 5.41 Å². The maximum atomic E-state index is 12.8. The molecule has 3 rings (SSSR count). The van der Waals surface area contributed by atoms with Gasteiger partial charge < -0.3 is 19.1 Å². The number of hydrogen-bond donors (Lipinski definition) is 1. The fraction of sp³-hybridized carbons (Fsp3) is 0.391. The van der Waals surface area contributed by atoms with Gasteiger partial charge in [0.25, 0.3) is 5.69 Å². The number of benzene rings is 2. The summed E-state index contributed by atoms with van der Waals surface area (Å²) in [5.74, 6) is 1.64. The van der Waals surface area contributed by atoms with Crippen molar-refractivity contribution >= 4 is 29.9 Å². The Balaban J connectivity index is 1.56. The molecule has 2 aromatic carbocycles. The van der Waals surface area contributed by atoms with E-state index >= 15 is 0 Å². The molecule has 176 valence electrons. The Morgan fingerprint density at radius 3 is 2.55 bits per heavy atom. The highest BCUT2D eigenvalue weighted by molar-refractivity contribution is 7.99. The lowest BCUT2D eigenvalue weighted by Gasteiger charge is -2.23. The van der Waals surface area contributed by atoms with E-state index in [4.69, 9.17) is 19.6 Å². The molecule has 1 saturated heterocycles. The van der Waals surface area contributed by atoms with Gasteiger partial charge in [-0.1, -0.05) is 12.1 Å². The summed E-state index contributed by atoms with van der Waals surface area (Å²) >= 11 is 1.79. The number of amides is 1. The molecule has 9 nitrogen and oxygen atoms in total. The number of thioether (sulfide) groups is 1. The summed E-state index contributed by atoms with van der Waals surface area (Å²) in [6.45, 7) is 0.964. The standard InChI is InChI=1S/C23H27N3O6S/c1-30-21-8-4-18(5-9-21)15-33-22-12-20(10-11-31-16-24)25(13-22)23(27)32-14-17-2-6-19(7-3-17)26(28)29/h2-9,16,20,22,24H,10-15H2,1H3/t20-,22+/m1/s1. The van der Waals surface area contributed by atoms with E-state index in [9.17, 15) is 14.9 Å². The summed E-state index contributed by atoms with van der Waals surface area (Å²) in [6.07, 6.45) is 1.92. The third-order valence-corrected chi connectivity index (χ3v) is 6.73. The Labute approximate surface area is 196 Å². The molecule has 1 amide bonds. The largest absolute Gasteiger partial charge is 0.497 e. The number of rotatable bonds is 11. The second kappa shape index (κ2) is 12.1. The molecule has 1 N–H and O–H groups in total. The van der Waals surface area contributed by atoms with E-state index in [-0.39, 0.29) is 23.6 Å². The number of likely N-dealkylation sites (tertiary alicyclic amines) is 1. The minimum Gasteiger partial charge on any atom is -0.497 e. The number of nitrogens with one attached hydrogen (secondary N) is 1. The molecule has 0 saturated carbocycles. The van der Waals surface area contributed by atoms with Crippen LogP contribution >= 0.6 is 11.8 Å². The van der Waals surface area contributed by atoms with E-state index in [0.717, 1.165) is 24.3 Å². The summed E-state index contributed by atoms with van der Waals surface area (Å²) in [4.78, 5) is 24.9. The fourth-order valence-corrected chi connectivity index (χ4v) is 4.88. The van der Waals surface area contributed by atoms with Gasteiger partial charge in [0.2, 0.25) is 0 Å². The maximum absolute atomic E-state index is 12.8. The molecule has 0 unspecified atom stereocenters. The molecule has 0 bridgehead atoms. The number of carbonyl (C=O) groups is 1. The molecular weight excluding hydrogens is 446 g/mol. The minimum absolute atomic E-state index is 0.00684. The second-order valence-corrected chi connectivity index (χ2v) is 8.87. The SMILES string of the molecule is COc1ccc(CS[C@H]2C[C@@H](CCOC=N)N(C(=O)OCc3ccc([N+](=O)[O-])cc3)C2)cc1. The molecule has 0 radical (unpaired) electrons. The predicted octanol–water partition coefficient (Wildman–Crippen LogP) is 4.63. The van der Waals surface area contributed by atoms with Crippen LogP contribution in [0.2, 0.25) is 0 Å². The molecule has 2 atom stereocenters. The average Bonchev–Trinajstić information content (AvgIpc) is 3.25. The fourth-order valence-electron chi connectivity index (χ4n) is 3.63. The second-order valence-electron chi connectivity index (χ2n) is 7.58. The summed E-state index contributed by atoms with van der Waals surface area (Å²) in [5, 5.41) is 18.1. The first-order valence-electron chi connectivity index (χ1n) is 10.5. The van der Waals surface area contributed by atoms with Crippen LogP contribution in [0.15, 0.2) is 48.5 Å².